The number of hydrogen-bond donors (Lipinski definition) is 0. The highest BCUT2D eigenvalue weighted by Gasteiger charge is 2.31. The van der Waals surface area contributed by atoms with Crippen molar-refractivity contribution in [3.8, 4) is 0 Å². The van der Waals surface area contributed by atoms with Crippen LogP contribution in [0.1, 0.15) is 29.5 Å². The Morgan fingerprint density at radius 1 is 1.12 bits per heavy atom. The maximum absolute atomic E-state index is 13.1. The van der Waals surface area contributed by atoms with E-state index in [0.29, 0.717) is 23.9 Å². The lowest BCUT2D eigenvalue weighted by Crippen LogP contribution is -2.39. The van der Waals surface area contributed by atoms with E-state index in [-0.39, 0.29) is 0 Å². The third-order valence-electron chi connectivity index (χ3n) is 4.78. The molecule has 1 aromatic carbocycles. The number of aryl methyl sites for hydroxylation is 3. The highest BCUT2D eigenvalue weighted by atomic mass is 32.2. The summed E-state index contributed by atoms with van der Waals surface area (Å²) in [6, 6.07) is 5.82. The molecule has 3 rings (SSSR count). The van der Waals surface area contributed by atoms with Crippen LogP contribution >= 0.6 is 0 Å². The molecule has 1 saturated heterocycles. The Bertz CT molecular complexity index is 782. The highest BCUT2D eigenvalue weighted by molar-refractivity contribution is 7.89. The van der Waals surface area contributed by atoms with Crippen LogP contribution in [0, 0.1) is 26.7 Å². The van der Waals surface area contributed by atoms with Gasteiger partial charge in [0.25, 0.3) is 0 Å². The minimum absolute atomic E-state index is 0.483. The van der Waals surface area contributed by atoms with Gasteiger partial charge in [-0.3, -0.25) is 4.68 Å². The first-order valence-corrected chi connectivity index (χ1v) is 9.87. The lowest BCUT2D eigenvalue weighted by atomic mass is 9.98. The quantitative estimate of drug-likeness (QED) is 0.854. The number of hydrogen-bond acceptors (Lipinski definition) is 3. The predicted octanol–water partition coefficient (Wildman–Crippen LogP) is 2.91. The zero-order valence-electron chi connectivity index (χ0n) is 14.6. The minimum Gasteiger partial charge on any atom is -0.272 e. The highest BCUT2D eigenvalue weighted by Crippen LogP contribution is 2.29. The molecule has 0 saturated carbocycles. The standard InChI is InChI=1S/C18H25N3O2S/c1-14-11-15(2)18(16(3)12-14)24(22,23)21-9-5-17(6-10-21)13-20-8-4-7-19-20/h4,7-8,11-12,17H,5-6,9-10,13H2,1-3H3. The van der Waals surface area contributed by atoms with E-state index in [1.165, 1.54) is 0 Å². The normalized spacial score (nSPS) is 17.3. The molecule has 0 N–H and O–H groups in total. The summed E-state index contributed by atoms with van der Waals surface area (Å²) < 4.78 is 29.7. The molecule has 2 heterocycles. The SMILES string of the molecule is Cc1cc(C)c(S(=O)(=O)N2CCC(Cn3cccn3)CC2)c(C)c1. The molecule has 0 aliphatic carbocycles. The Hall–Kier alpha value is -1.66. The van der Waals surface area contributed by atoms with Crippen molar-refractivity contribution < 1.29 is 8.42 Å². The van der Waals surface area contributed by atoms with E-state index in [1.807, 2.05) is 49.8 Å². The third kappa shape index (κ3) is 3.39. The monoisotopic (exact) mass is 347 g/mol. The van der Waals surface area contributed by atoms with Gasteiger partial charge in [0.15, 0.2) is 0 Å². The first kappa shape index (κ1) is 17.2. The summed E-state index contributed by atoms with van der Waals surface area (Å²) >= 11 is 0. The molecular weight excluding hydrogens is 322 g/mol. The van der Waals surface area contributed by atoms with E-state index in [0.717, 1.165) is 36.1 Å². The zero-order chi connectivity index (χ0) is 17.3. The number of nitrogens with zero attached hydrogens (tertiary/aromatic N) is 3. The fourth-order valence-electron chi connectivity index (χ4n) is 3.71. The summed E-state index contributed by atoms with van der Waals surface area (Å²) in [7, 11) is -3.41. The van der Waals surface area contributed by atoms with Crippen molar-refractivity contribution in [2.45, 2.75) is 45.1 Å². The van der Waals surface area contributed by atoms with Gasteiger partial charge in [0.05, 0.1) is 4.90 Å². The molecule has 6 heteroatoms. The number of piperidine rings is 1. The predicted molar refractivity (Wildman–Crippen MR) is 94.4 cm³/mol. The third-order valence-corrected chi connectivity index (χ3v) is 6.99. The van der Waals surface area contributed by atoms with Crippen LogP contribution in [-0.4, -0.2) is 35.6 Å². The van der Waals surface area contributed by atoms with E-state index in [1.54, 1.807) is 10.5 Å². The first-order valence-electron chi connectivity index (χ1n) is 8.43. The van der Waals surface area contributed by atoms with Crippen LogP contribution in [0.3, 0.4) is 0 Å². The second-order valence-electron chi connectivity index (χ2n) is 6.80. The maximum atomic E-state index is 13.1. The molecule has 1 aromatic heterocycles. The van der Waals surface area contributed by atoms with Gasteiger partial charge in [0.1, 0.15) is 0 Å². The molecule has 24 heavy (non-hydrogen) atoms. The van der Waals surface area contributed by atoms with E-state index in [9.17, 15) is 8.42 Å². The zero-order valence-corrected chi connectivity index (χ0v) is 15.4. The number of benzene rings is 1. The van der Waals surface area contributed by atoms with Gasteiger partial charge in [-0.25, -0.2) is 8.42 Å². The second kappa shape index (κ2) is 6.69. The van der Waals surface area contributed by atoms with Crippen molar-refractivity contribution in [3.05, 3.63) is 47.3 Å². The van der Waals surface area contributed by atoms with E-state index >= 15 is 0 Å². The molecule has 130 valence electrons. The molecule has 0 amide bonds. The topological polar surface area (TPSA) is 55.2 Å². The summed E-state index contributed by atoms with van der Waals surface area (Å²) in [4.78, 5) is 0.485. The van der Waals surface area contributed by atoms with Crippen molar-refractivity contribution >= 4 is 10.0 Å². The van der Waals surface area contributed by atoms with Crippen LogP contribution < -0.4 is 0 Å². The van der Waals surface area contributed by atoms with Crippen LogP contribution in [0.5, 0.6) is 0 Å². The largest absolute Gasteiger partial charge is 0.272 e. The molecule has 0 radical (unpaired) electrons. The number of sulfonamides is 1. The Morgan fingerprint density at radius 2 is 1.75 bits per heavy atom. The molecule has 0 unspecified atom stereocenters. The Kier molecular flexibility index (Phi) is 4.78. The molecule has 0 atom stereocenters. The summed E-state index contributed by atoms with van der Waals surface area (Å²) in [6.45, 7) is 7.80. The molecule has 1 aliphatic heterocycles. The van der Waals surface area contributed by atoms with Gasteiger partial charge in [0, 0.05) is 32.0 Å². The number of aromatic nitrogens is 2. The van der Waals surface area contributed by atoms with Gasteiger partial charge in [-0.15, -0.1) is 0 Å². The fraction of sp³-hybridized carbons (Fsp3) is 0.500. The van der Waals surface area contributed by atoms with Crippen LogP contribution in [0.25, 0.3) is 0 Å². The van der Waals surface area contributed by atoms with Crippen LogP contribution in [0.15, 0.2) is 35.5 Å². The molecule has 0 spiro atoms. The number of rotatable bonds is 4. The fourth-order valence-corrected chi connectivity index (χ4v) is 5.59. The molecule has 1 aliphatic rings. The van der Waals surface area contributed by atoms with Gasteiger partial charge in [-0.2, -0.15) is 9.40 Å². The molecule has 0 bridgehead atoms. The average Bonchev–Trinajstić information content (AvgIpc) is 2.99. The van der Waals surface area contributed by atoms with Crippen molar-refractivity contribution in [3.63, 3.8) is 0 Å². The van der Waals surface area contributed by atoms with E-state index in [2.05, 4.69) is 5.10 Å². The van der Waals surface area contributed by atoms with Crippen molar-refractivity contribution in [1.82, 2.24) is 14.1 Å². The molecule has 5 nitrogen and oxygen atoms in total. The van der Waals surface area contributed by atoms with Gasteiger partial charge in [-0.05, 0) is 56.7 Å². The van der Waals surface area contributed by atoms with E-state index < -0.39 is 10.0 Å². The summed E-state index contributed by atoms with van der Waals surface area (Å²) in [5.41, 5.74) is 2.78. The van der Waals surface area contributed by atoms with Gasteiger partial charge in [-0.1, -0.05) is 17.7 Å². The average molecular weight is 347 g/mol. The first-order chi connectivity index (χ1) is 11.4. The second-order valence-corrected chi connectivity index (χ2v) is 8.68. The van der Waals surface area contributed by atoms with E-state index in [4.69, 9.17) is 0 Å². The van der Waals surface area contributed by atoms with Crippen molar-refractivity contribution in [2.24, 2.45) is 5.92 Å². The van der Waals surface area contributed by atoms with Crippen molar-refractivity contribution in [2.75, 3.05) is 13.1 Å². The Labute approximate surface area is 144 Å². The minimum atomic E-state index is -3.41. The smallest absolute Gasteiger partial charge is 0.243 e. The molecular formula is C18H25N3O2S. The summed E-state index contributed by atoms with van der Waals surface area (Å²) in [6.07, 6.45) is 5.50. The lowest BCUT2D eigenvalue weighted by Gasteiger charge is -2.32. The van der Waals surface area contributed by atoms with Gasteiger partial charge in [0.2, 0.25) is 10.0 Å². The lowest BCUT2D eigenvalue weighted by molar-refractivity contribution is 0.247. The van der Waals surface area contributed by atoms with Gasteiger partial charge < -0.3 is 0 Å². The molecule has 2 aromatic rings. The van der Waals surface area contributed by atoms with Crippen LogP contribution in [0.4, 0.5) is 0 Å². The van der Waals surface area contributed by atoms with Crippen LogP contribution in [0.2, 0.25) is 0 Å². The Morgan fingerprint density at radius 3 is 2.29 bits per heavy atom. The van der Waals surface area contributed by atoms with Gasteiger partial charge >= 0.3 is 0 Å². The Balaban J connectivity index is 1.73. The maximum Gasteiger partial charge on any atom is 0.243 e. The summed E-state index contributed by atoms with van der Waals surface area (Å²) in [5.74, 6) is 0.483. The summed E-state index contributed by atoms with van der Waals surface area (Å²) in [5, 5.41) is 4.24. The van der Waals surface area contributed by atoms with Crippen LogP contribution in [-0.2, 0) is 16.6 Å². The van der Waals surface area contributed by atoms with Crippen molar-refractivity contribution in [1.29, 1.82) is 0 Å². The molecule has 1 fully saturated rings.